The average molecular weight is 410 g/mol. The number of carbonyl (C=O) groups excluding carboxylic acids is 1. The van der Waals surface area contributed by atoms with Crippen LogP contribution >= 0.6 is 11.3 Å². The van der Waals surface area contributed by atoms with Gasteiger partial charge in [-0.05, 0) is 30.5 Å². The van der Waals surface area contributed by atoms with Crippen molar-refractivity contribution in [1.29, 1.82) is 0 Å². The Balaban J connectivity index is 1.30. The van der Waals surface area contributed by atoms with Crippen LogP contribution in [0.1, 0.15) is 29.3 Å². The number of rotatable bonds is 6. The summed E-state index contributed by atoms with van der Waals surface area (Å²) in [5.74, 6) is 1.94. The molecule has 1 aliphatic rings. The zero-order chi connectivity index (χ0) is 20.1. The third kappa shape index (κ3) is 4.86. The molecule has 1 aromatic carbocycles. The summed E-state index contributed by atoms with van der Waals surface area (Å²) in [6.07, 6.45) is 2.28. The van der Waals surface area contributed by atoms with Crippen LogP contribution < -0.4 is 15.5 Å². The molecule has 0 unspecified atom stereocenters. The number of benzene rings is 1. The molecule has 0 saturated carbocycles. The summed E-state index contributed by atoms with van der Waals surface area (Å²) in [4.78, 5) is 14.5. The average Bonchev–Trinajstić information content (AvgIpc) is 3.23. The second-order valence-electron chi connectivity index (χ2n) is 6.94. The zero-order valence-corrected chi connectivity index (χ0v) is 17.0. The summed E-state index contributed by atoms with van der Waals surface area (Å²) in [5, 5.41) is 24.3. The lowest BCUT2D eigenvalue weighted by molar-refractivity contribution is -0.115. The maximum absolute atomic E-state index is 12.2. The van der Waals surface area contributed by atoms with Gasteiger partial charge in [0.25, 0.3) is 0 Å². The van der Waals surface area contributed by atoms with Crippen LogP contribution in [0.4, 0.5) is 16.8 Å². The highest BCUT2D eigenvalue weighted by Gasteiger charge is 2.25. The Morgan fingerprint density at radius 2 is 1.86 bits per heavy atom. The number of anilines is 3. The van der Waals surface area contributed by atoms with Crippen LogP contribution in [-0.4, -0.2) is 46.4 Å². The molecule has 2 N–H and O–H groups in total. The van der Waals surface area contributed by atoms with Crippen molar-refractivity contribution < 1.29 is 4.79 Å². The largest absolute Gasteiger partial charge is 0.372 e. The van der Waals surface area contributed by atoms with E-state index in [1.165, 1.54) is 11.3 Å². The molecule has 0 bridgehead atoms. The summed E-state index contributed by atoms with van der Waals surface area (Å²) in [6, 6.07) is 13.6. The van der Waals surface area contributed by atoms with Gasteiger partial charge < -0.3 is 15.5 Å². The predicted octanol–water partition coefficient (Wildman–Crippen LogP) is 2.94. The summed E-state index contributed by atoms with van der Waals surface area (Å²) in [7, 11) is 1.83. The molecule has 1 amide bonds. The third-order valence-electron chi connectivity index (χ3n) is 4.97. The minimum absolute atomic E-state index is 0.0719. The van der Waals surface area contributed by atoms with Crippen LogP contribution in [0.3, 0.4) is 0 Å². The zero-order valence-electron chi connectivity index (χ0n) is 16.2. The minimum atomic E-state index is -0.0719. The van der Waals surface area contributed by atoms with Crippen molar-refractivity contribution in [3.8, 4) is 0 Å². The second kappa shape index (κ2) is 8.95. The van der Waals surface area contributed by atoms with Crippen molar-refractivity contribution in [3.05, 3.63) is 53.0 Å². The Morgan fingerprint density at radius 1 is 1.07 bits per heavy atom. The first kappa shape index (κ1) is 19.3. The number of hydrogen-bond acceptors (Lipinski definition) is 8. The lowest BCUT2D eigenvalue weighted by Crippen LogP contribution is -2.33. The molecule has 1 aliphatic heterocycles. The van der Waals surface area contributed by atoms with Gasteiger partial charge in [-0.1, -0.05) is 41.7 Å². The highest BCUT2D eigenvalue weighted by Crippen LogP contribution is 2.32. The lowest BCUT2D eigenvalue weighted by atomic mass is 9.98. The Hall–Kier alpha value is -3.07. The second-order valence-corrected chi connectivity index (χ2v) is 7.95. The molecule has 0 atom stereocenters. The van der Waals surface area contributed by atoms with Gasteiger partial charge in [0.05, 0.1) is 6.42 Å². The van der Waals surface area contributed by atoms with Gasteiger partial charge in [-0.25, -0.2) is 0 Å². The Kier molecular flexibility index (Phi) is 5.95. The molecule has 3 heterocycles. The van der Waals surface area contributed by atoms with Crippen LogP contribution in [0.5, 0.6) is 0 Å². The van der Waals surface area contributed by atoms with Gasteiger partial charge in [-0.2, -0.15) is 0 Å². The summed E-state index contributed by atoms with van der Waals surface area (Å²) >= 11 is 1.47. The van der Waals surface area contributed by atoms with Gasteiger partial charge >= 0.3 is 0 Å². The van der Waals surface area contributed by atoms with Gasteiger partial charge in [0.1, 0.15) is 10.8 Å². The highest BCUT2D eigenvalue weighted by molar-refractivity contribution is 7.15. The normalized spacial score (nSPS) is 14.6. The first-order valence-corrected chi connectivity index (χ1v) is 10.5. The number of carbonyl (C=O) groups is 1. The molecule has 1 saturated heterocycles. The van der Waals surface area contributed by atoms with E-state index >= 15 is 0 Å². The topological polar surface area (TPSA) is 95.9 Å². The van der Waals surface area contributed by atoms with Crippen LogP contribution in [0.25, 0.3) is 0 Å². The maximum atomic E-state index is 12.2. The van der Waals surface area contributed by atoms with Crippen molar-refractivity contribution in [1.82, 2.24) is 20.4 Å². The summed E-state index contributed by atoms with van der Waals surface area (Å²) < 4.78 is 0. The van der Waals surface area contributed by atoms with Crippen LogP contribution in [0.2, 0.25) is 0 Å². The molecular formula is C20H23N7OS. The van der Waals surface area contributed by atoms with Gasteiger partial charge in [-0.15, -0.1) is 20.4 Å². The van der Waals surface area contributed by atoms with Gasteiger partial charge in [0.2, 0.25) is 11.0 Å². The summed E-state index contributed by atoms with van der Waals surface area (Å²) in [5.41, 5.74) is 0.980. The molecule has 0 spiro atoms. The van der Waals surface area contributed by atoms with E-state index in [0.29, 0.717) is 17.5 Å². The fourth-order valence-electron chi connectivity index (χ4n) is 3.38. The molecular weight excluding hydrogens is 386 g/mol. The monoisotopic (exact) mass is 409 g/mol. The number of amides is 1. The lowest BCUT2D eigenvalue weighted by Gasteiger charge is -2.31. The van der Waals surface area contributed by atoms with Crippen LogP contribution in [0.15, 0.2) is 42.5 Å². The standard InChI is InChI=1S/C20H23N7OS/c1-21-16-7-8-17(24-23-16)27-11-9-15(10-12-27)19-25-26-20(29-19)22-18(28)13-14-5-3-2-4-6-14/h2-8,15H,9-13H2,1H3,(H,21,23)(H,22,26,28). The fourth-order valence-corrected chi connectivity index (χ4v) is 4.31. The van der Waals surface area contributed by atoms with Gasteiger partial charge in [-0.3, -0.25) is 4.79 Å². The maximum Gasteiger partial charge on any atom is 0.230 e. The van der Waals surface area contributed by atoms with Crippen molar-refractivity contribution in [2.45, 2.75) is 25.2 Å². The highest BCUT2D eigenvalue weighted by atomic mass is 32.1. The molecule has 3 aromatic rings. The number of nitrogens with zero attached hydrogens (tertiary/aromatic N) is 5. The first-order valence-electron chi connectivity index (χ1n) is 9.65. The first-order chi connectivity index (χ1) is 14.2. The van der Waals surface area contributed by atoms with E-state index in [-0.39, 0.29) is 5.91 Å². The number of aromatic nitrogens is 4. The van der Waals surface area contributed by atoms with Crippen LogP contribution in [-0.2, 0) is 11.2 Å². The molecule has 9 heteroatoms. The number of nitrogens with one attached hydrogen (secondary N) is 2. The SMILES string of the molecule is CNc1ccc(N2CCC(c3nnc(NC(=O)Cc4ccccc4)s3)CC2)nn1. The minimum Gasteiger partial charge on any atom is -0.372 e. The smallest absolute Gasteiger partial charge is 0.230 e. The molecule has 2 aromatic heterocycles. The predicted molar refractivity (Wildman–Crippen MR) is 114 cm³/mol. The number of piperidine rings is 1. The van der Waals surface area contributed by atoms with E-state index in [1.54, 1.807) is 0 Å². The molecule has 0 aliphatic carbocycles. The molecule has 150 valence electrons. The van der Waals surface area contributed by atoms with Gasteiger partial charge in [0, 0.05) is 26.1 Å². The van der Waals surface area contributed by atoms with E-state index in [1.807, 2.05) is 49.5 Å². The van der Waals surface area contributed by atoms with Crippen molar-refractivity contribution >= 4 is 34.0 Å². The van der Waals surface area contributed by atoms with E-state index in [0.717, 1.165) is 48.1 Å². The van der Waals surface area contributed by atoms with E-state index in [2.05, 4.69) is 35.9 Å². The molecule has 8 nitrogen and oxygen atoms in total. The fraction of sp³-hybridized carbons (Fsp3) is 0.350. The van der Waals surface area contributed by atoms with Gasteiger partial charge in [0.15, 0.2) is 5.82 Å². The quantitative estimate of drug-likeness (QED) is 0.646. The molecule has 4 rings (SSSR count). The Bertz CT molecular complexity index is 937. The molecule has 29 heavy (non-hydrogen) atoms. The van der Waals surface area contributed by atoms with E-state index < -0.39 is 0 Å². The molecule has 0 radical (unpaired) electrons. The van der Waals surface area contributed by atoms with E-state index in [4.69, 9.17) is 0 Å². The van der Waals surface area contributed by atoms with E-state index in [9.17, 15) is 4.79 Å². The Morgan fingerprint density at radius 3 is 2.55 bits per heavy atom. The van der Waals surface area contributed by atoms with Crippen molar-refractivity contribution in [2.75, 3.05) is 35.7 Å². The summed E-state index contributed by atoms with van der Waals surface area (Å²) in [6.45, 7) is 1.79. The van der Waals surface area contributed by atoms with Crippen LogP contribution in [0, 0.1) is 0 Å². The van der Waals surface area contributed by atoms with Crippen molar-refractivity contribution in [3.63, 3.8) is 0 Å². The third-order valence-corrected chi connectivity index (χ3v) is 5.97. The molecule has 1 fully saturated rings. The number of hydrogen-bond donors (Lipinski definition) is 2. The van der Waals surface area contributed by atoms with Crippen molar-refractivity contribution in [2.24, 2.45) is 0 Å². The Labute approximate surface area is 173 Å².